The Bertz CT molecular complexity index is 760. The Morgan fingerprint density at radius 1 is 1.30 bits per heavy atom. The number of hydrogen-bond acceptors (Lipinski definition) is 4. The third kappa shape index (κ3) is 5.86. The highest BCUT2D eigenvalue weighted by molar-refractivity contribution is 5.89. The molecule has 1 saturated heterocycles. The van der Waals surface area contributed by atoms with Crippen LogP contribution < -0.4 is 10.6 Å². The second-order valence-electron chi connectivity index (χ2n) is 6.72. The maximum atomic E-state index is 12.2. The van der Waals surface area contributed by atoms with Gasteiger partial charge in [-0.2, -0.15) is 0 Å². The molecule has 2 aromatic rings. The molecule has 1 unspecified atom stereocenters. The number of benzene rings is 1. The highest BCUT2D eigenvalue weighted by Gasteiger charge is 2.22. The first-order valence-corrected chi connectivity index (χ1v) is 9.14. The van der Waals surface area contributed by atoms with E-state index in [0.717, 1.165) is 24.3 Å². The van der Waals surface area contributed by atoms with Crippen molar-refractivity contribution in [3.05, 3.63) is 54.0 Å². The van der Waals surface area contributed by atoms with Gasteiger partial charge in [-0.05, 0) is 43.2 Å². The van der Waals surface area contributed by atoms with Crippen LogP contribution in [0.15, 0.2) is 47.1 Å². The summed E-state index contributed by atoms with van der Waals surface area (Å²) in [4.78, 5) is 25.6. The number of hydrogen-bond donors (Lipinski definition) is 2. The molecule has 27 heavy (non-hydrogen) atoms. The van der Waals surface area contributed by atoms with E-state index >= 15 is 0 Å². The molecule has 3 rings (SSSR count). The molecule has 1 aromatic heterocycles. The molecule has 2 N–H and O–H groups in total. The molecule has 0 bridgehead atoms. The van der Waals surface area contributed by atoms with Crippen LogP contribution in [0.2, 0.25) is 0 Å². The summed E-state index contributed by atoms with van der Waals surface area (Å²) in [6.45, 7) is 4.02. The summed E-state index contributed by atoms with van der Waals surface area (Å²) < 4.78 is 10.8. The number of amides is 3. The Labute approximate surface area is 158 Å². The number of ether oxygens (including phenoxy) is 1. The van der Waals surface area contributed by atoms with E-state index < -0.39 is 0 Å². The van der Waals surface area contributed by atoms with Crippen LogP contribution in [0.1, 0.15) is 31.1 Å². The summed E-state index contributed by atoms with van der Waals surface area (Å²) in [5.41, 5.74) is 1.64. The van der Waals surface area contributed by atoms with E-state index in [1.165, 1.54) is 0 Å². The van der Waals surface area contributed by atoms with Crippen molar-refractivity contribution in [2.45, 2.75) is 39.0 Å². The van der Waals surface area contributed by atoms with Gasteiger partial charge in [0, 0.05) is 31.2 Å². The van der Waals surface area contributed by atoms with Crippen LogP contribution in [0.25, 0.3) is 0 Å². The number of likely N-dealkylation sites (tertiary alicyclic amines) is 1. The fraction of sp³-hybridized carbons (Fsp3) is 0.400. The average molecular weight is 371 g/mol. The molecular weight excluding hydrogens is 346 g/mol. The fourth-order valence-corrected chi connectivity index (χ4v) is 3.07. The van der Waals surface area contributed by atoms with E-state index in [1.807, 2.05) is 43.3 Å². The molecule has 1 atom stereocenters. The molecule has 2 heterocycles. The predicted octanol–water partition coefficient (Wildman–Crippen LogP) is 3.13. The summed E-state index contributed by atoms with van der Waals surface area (Å²) in [6, 6.07) is 10.8. The van der Waals surface area contributed by atoms with Crippen LogP contribution in [0, 0.1) is 0 Å². The van der Waals surface area contributed by atoms with E-state index in [2.05, 4.69) is 10.6 Å². The molecule has 0 radical (unpaired) electrons. The van der Waals surface area contributed by atoms with Crippen molar-refractivity contribution in [3.63, 3.8) is 0 Å². The number of carbonyl (C=O) groups excluding carboxylic acids is 2. The lowest BCUT2D eigenvalue weighted by molar-refractivity contribution is -0.127. The van der Waals surface area contributed by atoms with Crippen molar-refractivity contribution in [1.29, 1.82) is 0 Å². The summed E-state index contributed by atoms with van der Waals surface area (Å²) in [5, 5.41) is 5.70. The lowest BCUT2D eigenvalue weighted by Crippen LogP contribution is -2.44. The minimum atomic E-state index is -0.289. The normalized spacial score (nSPS) is 15.0. The SMILES string of the molecule is CC(CN1CCCC1=O)NC(=O)Nc1cccc(COCc2ccco2)c1. The van der Waals surface area contributed by atoms with Gasteiger partial charge in [0.2, 0.25) is 5.91 Å². The van der Waals surface area contributed by atoms with E-state index in [1.54, 1.807) is 11.2 Å². The standard InChI is InChI=1S/C20H25N3O4/c1-15(12-23-9-3-8-19(23)24)21-20(25)22-17-6-2-5-16(11-17)13-26-14-18-7-4-10-27-18/h2,4-7,10-11,15H,3,8-9,12-14H2,1H3,(H2,21,22,25). The predicted molar refractivity (Wildman–Crippen MR) is 101 cm³/mol. The second-order valence-corrected chi connectivity index (χ2v) is 6.72. The van der Waals surface area contributed by atoms with Gasteiger partial charge in [-0.1, -0.05) is 12.1 Å². The zero-order valence-electron chi connectivity index (χ0n) is 15.4. The molecule has 0 aliphatic carbocycles. The lowest BCUT2D eigenvalue weighted by Gasteiger charge is -2.21. The quantitative estimate of drug-likeness (QED) is 0.747. The van der Waals surface area contributed by atoms with Gasteiger partial charge in [0.1, 0.15) is 12.4 Å². The summed E-state index contributed by atoms with van der Waals surface area (Å²) in [7, 11) is 0. The molecule has 3 amide bonds. The molecular formula is C20H25N3O4. The first kappa shape index (κ1) is 19.0. The van der Waals surface area contributed by atoms with Crippen molar-refractivity contribution in [2.24, 2.45) is 0 Å². The smallest absolute Gasteiger partial charge is 0.319 e. The van der Waals surface area contributed by atoms with Gasteiger partial charge in [0.05, 0.1) is 12.9 Å². The Morgan fingerprint density at radius 2 is 2.19 bits per heavy atom. The minimum absolute atomic E-state index is 0.119. The molecule has 1 aromatic carbocycles. The van der Waals surface area contributed by atoms with Crippen LogP contribution in [-0.2, 0) is 22.7 Å². The largest absolute Gasteiger partial charge is 0.467 e. The third-order valence-corrected chi connectivity index (χ3v) is 4.32. The van der Waals surface area contributed by atoms with Crippen molar-refractivity contribution in [2.75, 3.05) is 18.4 Å². The van der Waals surface area contributed by atoms with Crippen LogP contribution >= 0.6 is 0 Å². The number of rotatable bonds is 8. The van der Waals surface area contributed by atoms with Crippen LogP contribution in [0.4, 0.5) is 10.5 Å². The Balaban J connectivity index is 1.43. The topological polar surface area (TPSA) is 83.8 Å². The van der Waals surface area contributed by atoms with Gasteiger partial charge >= 0.3 is 6.03 Å². The van der Waals surface area contributed by atoms with Gasteiger partial charge in [0.25, 0.3) is 0 Å². The minimum Gasteiger partial charge on any atom is -0.467 e. The Morgan fingerprint density at radius 3 is 2.93 bits per heavy atom. The number of nitrogens with zero attached hydrogens (tertiary/aromatic N) is 1. The van der Waals surface area contributed by atoms with Crippen LogP contribution in [0.3, 0.4) is 0 Å². The van der Waals surface area contributed by atoms with Crippen LogP contribution in [-0.4, -0.2) is 36.0 Å². The molecule has 1 aliphatic heterocycles. The van der Waals surface area contributed by atoms with E-state index in [-0.39, 0.29) is 18.0 Å². The summed E-state index contributed by atoms with van der Waals surface area (Å²) in [6.07, 6.45) is 3.11. The van der Waals surface area contributed by atoms with Crippen molar-refractivity contribution >= 4 is 17.6 Å². The Hall–Kier alpha value is -2.80. The maximum absolute atomic E-state index is 12.2. The molecule has 1 aliphatic rings. The third-order valence-electron chi connectivity index (χ3n) is 4.32. The molecule has 144 valence electrons. The van der Waals surface area contributed by atoms with E-state index in [9.17, 15) is 9.59 Å². The number of furan rings is 1. The number of carbonyl (C=O) groups is 2. The average Bonchev–Trinajstić information content (AvgIpc) is 3.27. The maximum Gasteiger partial charge on any atom is 0.319 e. The first-order valence-electron chi connectivity index (χ1n) is 9.14. The molecule has 7 nitrogen and oxygen atoms in total. The van der Waals surface area contributed by atoms with Gasteiger partial charge in [-0.25, -0.2) is 4.79 Å². The zero-order valence-corrected chi connectivity index (χ0v) is 15.4. The van der Waals surface area contributed by atoms with Crippen molar-refractivity contribution < 1.29 is 18.7 Å². The molecule has 1 fully saturated rings. The Kier molecular flexibility index (Phi) is 6.49. The molecule has 0 saturated carbocycles. The fourth-order valence-electron chi connectivity index (χ4n) is 3.07. The van der Waals surface area contributed by atoms with Gasteiger partial charge < -0.3 is 24.7 Å². The zero-order chi connectivity index (χ0) is 19.1. The summed E-state index contributed by atoms with van der Waals surface area (Å²) in [5.74, 6) is 0.931. The lowest BCUT2D eigenvalue weighted by atomic mass is 10.2. The second kappa shape index (κ2) is 9.23. The number of urea groups is 1. The number of nitrogens with one attached hydrogen (secondary N) is 2. The van der Waals surface area contributed by atoms with Crippen LogP contribution in [0.5, 0.6) is 0 Å². The molecule has 0 spiro atoms. The van der Waals surface area contributed by atoms with Gasteiger partial charge in [0.15, 0.2) is 0 Å². The van der Waals surface area contributed by atoms with Crippen molar-refractivity contribution in [3.8, 4) is 0 Å². The molecule has 7 heteroatoms. The van der Waals surface area contributed by atoms with Gasteiger partial charge in [-0.3, -0.25) is 4.79 Å². The van der Waals surface area contributed by atoms with Gasteiger partial charge in [-0.15, -0.1) is 0 Å². The monoisotopic (exact) mass is 371 g/mol. The highest BCUT2D eigenvalue weighted by atomic mass is 16.5. The van der Waals surface area contributed by atoms with Crippen molar-refractivity contribution in [1.82, 2.24) is 10.2 Å². The highest BCUT2D eigenvalue weighted by Crippen LogP contribution is 2.13. The number of anilines is 1. The van der Waals surface area contributed by atoms with E-state index in [0.29, 0.717) is 31.9 Å². The summed E-state index contributed by atoms with van der Waals surface area (Å²) >= 11 is 0. The van der Waals surface area contributed by atoms with E-state index in [4.69, 9.17) is 9.15 Å². The first-order chi connectivity index (χ1) is 13.1.